The van der Waals surface area contributed by atoms with Gasteiger partial charge in [0, 0.05) is 4.47 Å². The van der Waals surface area contributed by atoms with Crippen LogP contribution in [-0.4, -0.2) is 21.4 Å². The number of rotatable bonds is 3. The standard InChI is InChI=1S/C13H11BrN2O3S/c1-6-3-4-9(14)8(5-6)11(17)15-12-10(13(18)19)7(2)16-20-12/h3-5H,1-2H3,(H,15,17)(H,18,19). The number of aromatic nitrogens is 1. The van der Waals surface area contributed by atoms with E-state index in [1.165, 1.54) is 0 Å². The molecule has 0 unspecified atom stereocenters. The lowest BCUT2D eigenvalue weighted by atomic mass is 10.1. The quantitative estimate of drug-likeness (QED) is 0.884. The van der Waals surface area contributed by atoms with E-state index in [2.05, 4.69) is 25.6 Å². The number of aromatic carboxylic acids is 1. The molecule has 2 aromatic rings. The summed E-state index contributed by atoms with van der Waals surface area (Å²) in [7, 11) is 0. The molecule has 0 bridgehead atoms. The van der Waals surface area contributed by atoms with Gasteiger partial charge in [-0.2, -0.15) is 4.37 Å². The third-order valence-electron chi connectivity index (χ3n) is 2.67. The number of aryl methyl sites for hydroxylation is 2. The van der Waals surface area contributed by atoms with Gasteiger partial charge in [0.05, 0.1) is 11.3 Å². The molecule has 0 spiro atoms. The van der Waals surface area contributed by atoms with Crippen molar-refractivity contribution in [3.63, 3.8) is 0 Å². The Bertz CT molecular complexity index is 697. The normalized spacial score (nSPS) is 10.3. The van der Waals surface area contributed by atoms with Crippen LogP contribution < -0.4 is 5.32 Å². The molecule has 0 aliphatic carbocycles. The molecular weight excluding hydrogens is 344 g/mol. The Labute approximate surface area is 127 Å². The summed E-state index contributed by atoms with van der Waals surface area (Å²) in [4.78, 5) is 23.4. The van der Waals surface area contributed by atoms with Crippen molar-refractivity contribution in [1.82, 2.24) is 4.37 Å². The number of carbonyl (C=O) groups is 2. The molecule has 1 heterocycles. The average molecular weight is 355 g/mol. The second-order valence-corrected chi connectivity index (χ2v) is 5.84. The van der Waals surface area contributed by atoms with Gasteiger partial charge < -0.3 is 10.4 Å². The Morgan fingerprint density at radius 1 is 1.35 bits per heavy atom. The topological polar surface area (TPSA) is 79.3 Å². The van der Waals surface area contributed by atoms with Gasteiger partial charge in [-0.1, -0.05) is 11.6 Å². The monoisotopic (exact) mass is 354 g/mol. The maximum atomic E-state index is 12.2. The zero-order valence-electron chi connectivity index (χ0n) is 10.7. The molecule has 0 radical (unpaired) electrons. The van der Waals surface area contributed by atoms with Crippen LogP contribution in [0.1, 0.15) is 32.0 Å². The fraction of sp³-hybridized carbons (Fsp3) is 0.154. The molecule has 20 heavy (non-hydrogen) atoms. The highest BCUT2D eigenvalue weighted by atomic mass is 79.9. The highest BCUT2D eigenvalue weighted by Crippen LogP contribution is 2.26. The number of carbonyl (C=O) groups excluding carboxylic acids is 1. The minimum Gasteiger partial charge on any atom is -0.478 e. The van der Waals surface area contributed by atoms with Gasteiger partial charge in [0.1, 0.15) is 10.6 Å². The van der Waals surface area contributed by atoms with Gasteiger partial charge in [-0.15, -0.1) is 0 Å². The molecule has 0 saturated carbocycles. The second-order valence-electron chi connectivity index (χ2n) is 4.21. The molecule has 5 nitrogen and oxygen atoms in total. The first-order valence-corrected chi connectivity index (χ1v) is 7.24. The summed E-state index contributed by atoms with van der Waals surface area (Å²) in [5.41, 5.74) is 1.82. The Balaban J connectivity index is 2.33. The molecule has 0 fully saturated rings. The molecule has 1 aromatic heterocycles. The van der Waals surface area contributed by atoms with Gasteiger partial charge in [0.2, 0.25) is 0 Å². The number of benzene rings is 1. The van der Waals surface area contributed by atoms with E-state index in [9.17, 15) is 9.59 Å². The summed E-state index contributed by atoms with van der Waals surface area (Å²) in [5.74, 6) is -1.47. The highest BCUT2D eigenvalue weighted by Gasteiger charge is 2.20. The third kappa shape index (κ3) is 2.88. The van der Waals surface area contributed by atoms with E-state index in [1.807, 2.05) is 13.0 Å². The first kappa shape index (κ1) is 14.7. The van der Waals surface area contributed by atoms with Crippen LogP contribution in [0.5, 0.6) is 0 Å². The highest BCUT2D eigenvalue weighted by molar-refractivity contribution is 9.10. The van der Waals surface area contributed by atoms with Gasteiger partial charge in [0.25, 0.3) is 5.91 Å². The number of nitrogens with zero attached hydrogens (tertiary/aromatic N) is 1. The molecule has 0 aliphatic rings. The summed E-state index contributed by atoms with van der Waals surface area (Å²) in [6.45, 7) is 3.47. The maximum absolute atomic E-state index is 12.2. The molecule has 2 N–H and O–H groups in total. The fourth-order valence-corrected chi connectivity index (χ4v) is 2.90. The van der Waals surface area contributed by atoms with Crippen LogP contribution in [0, 0.1) is 13.8 Å². The van der Waals surface area contributed by atoms with Crippen LogP contribution in [0.4, 0.5) is 5.00 Å². The summed E-state index contributed by atoms with van der Waals surface area (Å²) in [5, 5.41) is 12.0. The molecule has 0 atom stereocenters. The Hall–Kier alpha value is -1.73. The first-order valence-electron chi connectivity index (χ1n) is 5.67. The number of amides is 1. The predicted octanol–water partition coefficient (Wildman–Crippen LogP) is 3.47. The minimum atomic E-state index is -1.10. The lowest BCUT2D eigenvalue weighted by molar-refractivity contribution is 0.0697. The number of hydrogen-bond donors (Lipinski definition) is 2. The smallest absolute Gasteiger partial charge is 0.340 e. The van der Waals surface area contributed by atoms with E-state index in [1.54, 1.807) is 19.1 Å². The zero-order chi connectivity index (χ0) is 14.9. The van der Waals surface area contributed by atoms with Crippen molar-refractivity contribution >= 4 is 44.3 Å². The summed E-state index contributed by atoms with van der Waals surface area (Å²) in [6.07, 6.45) is 0. The Morgan fingerprint density at radius 3 is 2.70 bits per heavy atom. The van der Waals surface area contributed by atoms with E-state index in [-0.39, 0.29) is 16.5 Å². The van der Waals surface area contributed by atoms with Crippen molar-refractivity contribution in [1.29, 1.82) is 0 Å². The molecule has 2 rings (SSSR count). The van der Waals surface area contributed by atoms with E-state index in [4.69, 9.17) is 5.11 Å². The van der Waals surface area contributed by atoms with Gasteiger partial charge >= 0.3 is 5.97 Å². The van der Waals surface area contributed by atoms with E-state index in [0.717, 1.165) is 17.1 Å². The van der Waals surface area contributed by atoms with Gasteiger partial charge in [0.15, 0.2) is 0 Å². The average Bonchev–Trinajstić information content (AvgIpc) is 2.73. The molecular formula is C13H11BrN2O3S. The molecule has 1 aromatic carbocycles. The number of anilines is 1. The van der Waals surface area contributed by atoms with Gasteiger partial charge in [-0.25, -0.2) is 4.79 Å². The Kier molecular flexibility index (Phi) is 4.20. The van der Waals surface area contributed by atoms with Crippen molar-refractivity contribution < 1.29 is 14.7 Å². The summed E-state index contributed by atoms with van der Waals surface area (Å²) in [6, 6.07) is 5.38. The molecule has 1 amide bonds. The molecule has 104 valence electrons. The first-order chi connectivity index (χ1) is 9.40. The zero-order valence-corrected chi connectivity index (χ0v) is 13.1. The predicted molar refractivity (Wildman–Crippen MR) is 80.6 cm³/mol. The van der Waals surface area contributed by atoms with Crippen molar-refractivity contribution in [2.75, 3.05) is 5.32 Å². The summed E-state index contributed by atoms with van der Waals surface area (Å²) < 4.78 is 4.61. The second kappa shape index (κ2) is 5.72. The number of carboxylic acids is 1. The van der Waals surface area contributed by atoms with Crippen LogP contribution in [0.3, 0.4) is 0 Å². The van der Waals surface area contributed by atoms with Crippen LogP contribution in [0.2, 0.25) is 0 Å². The number of nitrogens with one attached hydrogen (secondary N) is 1. The van der Waals surface area contributed by atoms with Gasteiger partial charge in [-0.05, 0) is 53.4 Å². The third-order valence-corrected chi connectivity index (χ3v) is 4.22. The largest absolute Gasteiger partial charge is 0.478 e. The van der Waals surface area contributed by atoms with E-state index >= 15 is 0 Å². The van der Waals surface area contributed by atoms with E-state index < -0.39 is 5.97 Å². The van der Waals surface area contributed by atoms with Crippen molar-refractivity contribution in [3.8, 4) is 0 Å². The van der Waals surface area contributed by atoms with Crippen molar-refractivity contribution in [3.05, 3.63) is 45.1 Å². The minimum absolute atomic E-state index is 0.0344. The van der Waals surface area contributed by atoms with Crippen molar-refractivity contribution in [2.24, 2.45) is 0 Å². The van der Waals surface area contributed by atoms with Crippen LogP contribution >= 0.6 is 27.5 Å². The lowest BCUT2D eigenvalue weighted by Crippen LogP contribution is -2.14. The molecule has 7 heteroatoms. The van der Waals surface area contributed by atoms with Crippen molar-refractivity contribution in [2.45, 2.75) is 13.8 Å². The fourth-order valence-electron chi connectivity index (χ4n) is 1.69. The van der Waals surface area contributed by atoms with Gasteiger partial charge in [-0.3, -0.25) is 4.79 Å². The number of carboxylic acid groups (broad SMARTS) is 1. The number of hydrogen-bond acceptors (Lipinski definition) is 4. The maximum Gasteiger partial charge on any atom is 0.340 e. The molecule has 0 saturated heterocycles. The van der Waals surface area contributed by atoms with E-state index in [0.29, 0.717) is 15.7 Å². The van der Waals surface area contributed by atoms with Crippen LogP contribution in [0.15, 0.2) is 22.7 Å². The van der Waals surface area contributed by atoms with Crippen LogP contribution in [-0.2, 0) is 0 Å². The molecule has 0 aliphatic heterocycles. The number of halogens is 1. The summed E-state index contributed by atoms with van der Waals surface area (Å²) >= 11 is 4.27. The SMILES string of the molecule is Cc1ccc(Br)c(C(=O)Nc2snc(C)c2C(=O)O)c1. The Morgan fingerprint density at radius 2 is 2.05 bits per heavy atom. The van der Waals surface area contributed by atoms with Crippen LogP contribution in [0.25, 0.3) is 0 Å². The lowest BCUT2D eigenvalue weighted by Gasteiger charge is -2.06.